The fourth-order valence-corrected chi connectivity index (χ4v) is 1.98. The van der Waals surface area contributed by atoms with Gasteiger partial charge in [-0.05, 0) is 49.6 Å². The molecule has 1 N–H and O–H groups in total. The average Bonchev–Trinajstić information content (AvgIpc) is 2.58. The number of carbonyl (C=O) groups excluding carboxylic acids is 1. The number of amides is 1. The first-order valence-corrected chi connectivity index (χ1v) is 7.20. The third-order valence-corrected chi connectivity index (χ3v) is 3.32. The molecule has 0 aromatic heterocycles. The van der Waals surface area contributed by atoms with E-state index in [1.165, 1.54) is 5.56 Å². The van der Waals surface area contributed by atoms with E-state index >= 15 is 0 Å². The van der Waals surface area contributed by atoms with Gasteiger partial charge in [-0.3, -0.25) is 4.79 Å². The van der Waals surface area contributed by atoms with Crippen molar-refractivity contribution in [1.29, 1.82) is 0 Å². The van der Waals surface area contributed by atoms with Gasteiger partial charge < -0.3 is 4.74 Å². The lowest BCUT2D eigenvalue weighted by atomic mass is 10.1. The van der Waals surface area contributed by atoms with Gasteiger partial charge >= 0.3 is 0 Å². The summed E-state index contributed by atoms with van der Waals surface area (Å²) in [6.07, 6.45) is 1.72. The second-order valence-electron chi connectivity index (χ2n) is 5.00. The molecule has 2 aromatic rings. The minimum absolute atomic E-state index is 0.221. The zero-order valence-electron chi connectivity index (χ0n) is 12.9. The number of rotatable bonds is 6. The maximum atomic E-state index is 12.0. The highest BCUT2D eigenvalue weighted by atomic mass is 16.5. The third kappa shape index (κ3) is 4.74. The Morgan fingerprint density at radius 3 is 2.41 bits per heavy atom. The van der Waals surface area contributed by atoms with Gasteiger partial charge in [0.2, 0.25) is 0 Å². The summed E-state index contributed by atoms with van der Waals surface area (Å²) in [5, 5.41) is 4.14. The van der Waals surface area contributed by atoms with Gasteiger partial charge in [0.15, 0.2) is 0 Å². The van der Waals surface area contributed by atoms with Gasteiger partial charge in [-0.15, -0.1) is 0 Å². The summed E-state index contributed by atoms with van der Waals surface area (Å²) >= 11 is 0. The number of methoxy groups -OCH3 is 1. The molecular weight excluding hydrogens is 276 g/mol. The normalized spacial score (nSPS) is 11.1. The molecule has 2 rings (SSSR count). The van der Waals surface area contributed by atoms with Crippen LogP contribution in [0.25, 0.3) is 0 Å². The fraction of sp³-hybridized carbons (Fsp3) is 0.222. The number of hydrogen-bond donors (Lipinski definition) is 1. The zero-order chi connectivity index (χ0) is 15.8. The van der Waals surface area contributed by atoms with Crippen LogP contribution in [0.2, 0.25) is 0 Å². The van der Waals surface area contributed by atoms with E-state index < -0.39 is 0 Å². The molecule has 2 aromatic carbocycles. The van der Waals surface area contributed by atoms with Crippen molar-refractivity contribution in [1.82, 2.24) is 5.43 Å². The molecule has 22 heavy (non-hydrogen) atoms. The molecule has 0 heterocycles. The second kappa shape index (κ2) is 7.98. The quantitative estimate of drug-likeness (QED) is 0.656. The summed E-state index contributed by atoms with van der Waals surface area (Å²) in [5.74, 6) is 0.501. The highest BCUT2D eigenvalue weighted by molar-refractivity contribution is 5.95. The van der Waals surface area contributed by atoms with Crippen LogP contribution >= 0.6 is 0 Å². The number of nitrogens with zero attached hydrogens (tertiary/aromatic N) is 1. The molecule has 4 heteroatoms. The van der Waals surface area contributed by atoms with E-state index in [1.54, 1.807) is 31.4 Å². The lowest BCUT2D eigenvalue weighted by Crippen LogP contribution is -2.19. The lowest BCUT2D eigenvalue weighted by Gasteiger charge is -2.04. The van der Waals surface area contributed by atoms with Crippen LogP contribution in [0.1, 0.15) is 29.3 Å². The van der Waals surface area contributed by atoms with Crippen LogP contribution in [0.5, 0.6) is 5.75 Å². The first kappa shape index (κ1) is 15.8. The van der Waals surface area contributed by atoms with Crippen molar-refractivity contribution in [2.75, 3.05) is 7.11 Å². The standard InChI is InChI=1S/C18H20N2O2/c1-14(8-9-15-6-4-3-5-7-15)19-20-18(21)16-10-12-17(22-2)13-11-16/h3-7,10-13H,8-9H2,1-2H3,(H,20,21)/b19-14-. The number of hydrogen-bond acceptors (Lipinski definition) is 3. The molecule has 0 saturated carbocycles. The monoisotopic (exact) mass is 296 g/mol. The number of benzene rings is 2. The van der Waals surface area contributed by atoms with Crippen molar-refractivity contribution in [2.45, 2.75) is 19.8 Å². The summed E-state index contributed by atoms with van der Waals surface area (Å²) in [4.78, 5) is 12.0. The smallest absolute Gasteiger partial charge is 0.271 e. The van der Waals surface area contributed by atoms with Crippen LogP contribution in [-0.4, -0.2) is 18.7 Å². The minimum atomic E-state index is -0.221. The SMILES string of the molecule is COc1ccc(C(=O)N/N=C(/C)CCc2ccccc2)cc1. The van der Waals surface area contributed by atoms with Crippen LogP contribution in [-0.2, 0) is 6.42 Å². The molecule has 0 saturated heterocycles. The highest BCUT2D eigenvalue weighted by Crippen LogP contribution is 2.11. The van der Waals surface area contributed by atoms with Crippen LogP contribution < -0.4 is 10.2 Å². The van der Waals surface area contributed by atoms with E-state index in [2.05, 4.69) is 22.7 Å². The number of aryl methyl sites for hydroxylation is 1. The molecule has 0 aliphatic heterocycles. The van der Waals surface area contributed by atoms with Gasteiger partial charge in [0, 0.05) is 11.3 Å². The van der Waals surface area contributed by atoms with E-state index in [0.717, 1.165) is 24.3 Å². The number of nitrogens with one attached hydrogen (secondary N) is 1. The Labute approximate surface area is 130 Å². The van der Waals surface area contributed by atoms with Crippen molar-refractivity contribution in [3.05, 3.63) is 65.7 Å². The summed E-state index contributed by atoms with van der Waals surface area (Å²) in [5.41, 5.74) is 5.29. The van der Waals surface area contributed by atoms with Crippen LogP contribution in [0.4, 0.5) is 0 Å². The van der Waals surface area contributed by atoms with Gasteiger partial charge in [0.25, 0.3) is 5.91 Å². The second-order valence-corrected chi connectivity index (χ2v) is 5.00. The van der Waals surface area contributed by atoms with Crippen molar-refractivity contribution in [3.8, 4) is 5.75 Å². The average molecular weight is 296 g/mol. The van der Waals surface area contributed by atoms with Crippen LogP contribution in [0.15, 0.2) is 59.7 Å². The van der Waals surface area contributed by atoms with Gasteiger partial charge in [0.05, 0.1) is 7.11 Å². The van der Waals surface area contributed by atoms with Crippen LogP contribution in [0, 0.1) is 0 Å². The molecule has 114 valence electrons. The summed E-state index contributed by atoms with van der Waals surface area (Å²) in [7, 11) is 1.59. The Balaban J connectivity index is 1.85. The molecule has 0 unspecified atom stereocenters. The largest absolute Gasteiger partial charge is 0.497 e. The van der Waals surface area contributed by atoms with E-state index in [-0.39, 0.29) is 5.91 Å². The summed E-state index contributed by atoms with van der Waals surface area (Å²) in [6.45, 7) is 1.91. The molecule has 0 aliphatic rings. The van der Waals surface area contributed by atoms with Crippen molar-refractivity contribution >= 4 is 11.6 Å². The molecule has 0 bridgehead atoms. The molecular formula is C18H20N2O2. The molecule has 0 aliphatic carbocycles. The molecule has 0 spiro atoms. The number of carbonyl (C=O) groups is 1. The summed E-state index contributed by atoms with van der Waals surface area (Å²) < 4.78 is 5.06. The predicted octanol–water partition coefficient (Wildman–Crippen LogP) is 3.43. The van der Waals surface area contributed by atoms with Gasteiger partial charge in [-0.25, -0.2) is 5.43 Å². The fourth-order valence-electron chi connectivity index (χ4n) is 1.98. The van der Waals surface area contributed by atoms with E-state index in [0.29, 0.717) is 5.56 Å². The zero-order valence-corrected chi connectivity index (χ0v) is 12.9. The van der Waals surface area contributed by atoms with Gasteiger partial charge in [-0.1, -0.05) is 30.3 Å². The topological polar surface area (TPSA) is 50.7 Å². The maximum absolute atomic E-state index is 12.0. The van der Waals surface area contributed by atoms with Crippen molar-refractivity contribution in [2.24, 2.45) is 5.10 Å². The molecule has 4 nitrogen and oxygen atoms in total. The van der Waals surface area contributed by atoms with Crippen molar-refractivity contribution < 1.29 is 9.53 Å². The van der Waals surface area contributed by atoms with E-state index in [9.17, 15) is 4.79 Å². The van der Waals surface area contributed by atoms with Gasteiger partial charge in [0.1, 0.15) is 5.75 Å². The van der Waals surface area contributed by atoms with E-state index in [4.69, 9.17) is 4.74 Å². The Kier molecular flexibility index (Phi) is 5.72. The Morgan fingerprint density at radius 1 is 1.09 bits per heavy atom. The molecule has 1 amide bonds. The Hall–Kier alpha value is -2.62. The number of hydrazone groups is 1. The summed E-state index contributed by atoms with van der Waals surface area (Å²) in [6, 6.07) is 17.1. The number of ether oxygens (including phenoxy) is 1. The highest BCUT2D eigenvalue weighted by Gasteiger charge is 2.04. The van der Waals surface area contributed by atoms with E-state index in [1.807, 2.05) is 25.1 Å². The third-order valence-electron chi connectivity index (χ3n) is 3.32. The maximum Gasteiger partial charge on any atom is 0.271 e. The first-order chi connectivity index (χ1) is 10.7. The minimum Gasteiger partial charge on any atom is -0.497 e. The van der Waals surface area contributed by atoms with Crippen LogP contribution in [0.3, 0.4) is 0 Å². The predicted molar refractivity (Wildman–Crippen MR) is 88.3 cm³/mol. The first-order valence-electron chi connectivity index (χ1n) is 7.20. The lowest BCUT2D eigenvalue weighted by molar-refractivity contribution is 0.0954. The Bertz CT molecular complexity index is 634. The molecule has 0 radical (unpaired) electrons. The molecule has 0 fully saturated rings. The van der Waals surface area contributed by atoms with Gasteiger partial charge in [-0.2, -0.15) is 5.10 Å². The van der Waals surface area contributed by atoms with Crippen molar-refractivity contribution in [3.63, 3.8) is 0 Å². The molecule has 0 atom stereocenters. The Morgan fingerprint density at radius 2 is 1.77 bits per heavy atom.